The van der Waals surface area contributed by atoms with E-state index in [2.05, 4.69) is 15.3 Å². The first-order valence-electron chi connectivity index (χ1n) is 5.94. The maximum absolute atomic E-state index is 11.8. The fourth-order valence-electron chi connectivity index (χ4n) is 1.59. The van der Waals surface area contributed by atoms with Crippen LogP contribution < -0.4 is 5.32 Å². The van der Waals surface area contributed by atoms with Gasteiger partial charge < -0.3 is 10.4 Å². The number of nitrogens with one attached hydrogen (secondary N) is 1. The fraction of sp³-hybridized carbons (Fsp3) is 0.231. The maximum atomic E-state index is 11.8. The van der Waals surface area contributed by atoms with Crippen molar-refractivity contribution in [3.8, 4) is 0 Å². The highest BCUT2D eigenvalue weighted by Gasteiger charge is 2.09. The highest BCUT2D eigenvalue weighted by Crippen LogP contribution is 2.10. The van der Waals surface area contributed by atoms with Crippen LogP contribution in [0.2, 0.25) is 0 Å². The third-order valence-corrected chi connectivity index (χ3v) is 3.44. The summed E-state index contributed by atoms with van der Waals surface area (Å²) in [4.78, 5) is 30.4. The molecule has 6 nitrogen and oxygen atoms in total. The number of rotatable bonds is 5. The van der Waals surface area contributed by atoms with Gasteiger partial charge in [-0.05, 0) is 18.6 Å². The predicted octanol–water partition coefficient (Wildman–Crippen LogP) is 1.52. The van der Waals surface area contributed by atoms with Gasteiger partial charge in [-0.1, -0.05) is 0 Å². The monoisotopic (exact) mass is 291 g/mol. The van der Waals surface area contributed by atoms with Crippen molar-refractivity contribution in [3.63, 3.8) is 0 Å². The minimum absolute atomic E-state index is 0.0409. The van der Waals surface area contributed by atoms with E-state index in [1.165, 1.54) is 22.9 Å². The molecule has 2 heterocycles. The Morgan fingerprint density at radius 1 is 1.40 bits per heavy atom. The van der Waals surface area contributed by atoms with Crippen molar-refractivity contribution < 1.29 is 14.7 Å². The molecule has 0 bridgehead atoms. The Morgan fingerprint density at radius 2 is 2.20 bits per heavy atom. The van der Waals surface area contributed by atoms with Gasteiger partial charge in [-0.3, -0.25) is 9.78 Å². The van der Waals surface area contributed by atoms with Gasteiger partial charge in [0.1, 0.15) is 0 Å². The average Bonchev–Trinajstić information content (AvgIpc) is 2.87. The normalized spacial score (nSPS) is 10.2. The summed E-state index contributed by atoms with van der Waals surface area (Å²) in [6, 6.07) is 1.76. The van der Waals surface area contributed by atoms with Crippen LogP contribution in [0.3, 0.4) is 0 Å². The molecule has 0 aromatic carbocycles. The fourth-order valence-corrected chi connectivity index (χ4v) is 2.36. The molecule has 0 spiro atoms. The Balaban J connectivity index is 1.86. The van der Waals surface area contributed by atoms with Gasteiger partial charge in [0.25, 0.3) is 5.91 Å². The maximum Gasteiger partial charge on any atom is 0.355 e. The quantitative estimate of drug-likeness (QED) is 0.871. The lowest BCUT2D eigenvalue weighted by atomic mass is 10.2. The van der Waals surface area contributed by atoms with E-state index in [0.29, 0.717) is 23.5 Å². The summed E-state index contributed by atoms with van der Waals surface area (Å²) in [6.45, 7) is 2.27. The molecule has 20 heavy (non-hydrogen) atoms. The molecule has 2 N–H and O–H groups in total. The first kappa shape index (κ1) is 14.1. The van der Waals surface area contributed by atoms with Gasteiger partial charge in [0.05, 0.1) is 10.6 Å². The number of carboxylic acid groups (broad SMARTS) is 1. The average molecular weight is 291 g/mol. The predicted molar refractivity (Wildman–Crippen MR) is 74.1 cm³/mol. The van der Waals surface area contributed by atoms with Crippen LogP contribution in [-0.2, 0) is 6.42 Å². The molecule has 2 aromatic heterocycles. The van der Waals surface area contributed by atoms with E-state index >= 15 is 0 Å². The zero-order chi connectivity index (χ0) is 14.5. The van der Waals surface area contributed by atoms with Crippen molar-refractivity contribution in [3.05, 3.63) is 45.7 Å². The molecule has 1 amide bonds. The number of carboxylic acids is 1. The summed E-state index contributed by atoms with van der Waals surface area (Å²) >= 11 is 1.27. The van der Waals surface area contributed by atoms with E-state index in [-0.39, 0.29) is 11.6 Å². The van der Waals surface area contributed by atoms with Crippen molar-refractivity contribution in [2.75, 3.05) is 6.54 Å². The lowest BCUT2D eigenvalue weighted by Gasteiger charge is -2.04. The van der Waals surface area contributed by atoms with Crippen LogP contribution in [-0.4, -0.2) is 33.5 Å². The number of thiazole rings is 1. The van der Waals surface area contributed by atoms with E-state index in [0.717, 1.165) is 5.56 Å². The number of aryl methyl sites for hydroxylation is 1. The Hall–Kier alpha value is -2.28. The van der Waals surface area contributed by atoms with Gasteiger partial charge in [0.15, 0.2) is 5.69 Å². The molecule has 0 saturated carbocycles. The smallest absolute Gasteiger partial charge is 0.355 e. The van der Waals surface area contributed by atoms with Gasteiger partial charge in [-0.2, -0.15) is 0 Å². The number of amides is 1. The van der Waals surface area contributed by atoms with Crippen molar-refractivity contribution in [2.45, 2.75) is 13.3 Å². The minimum Gasteiger partial charge on any atom is -0.476 e. The molecule has 104 valence electrons. The molecule has 0 atom stereocenters. The van der Waals surface area contributed by atoms with E-state index in [1.54, 1.807) is 12.3 Å². The van der Waals surface area contributed by atoms with Crippen LogP contribution in [0.1, 0.15) is 31.4 Å². The van der Waals surface area contributed by atoms with Crippen LogP contribution in [0.25, 0.3) is 0 Å². The zero-order valence-electron chi connectivity index (χ0n) is 10.8. The number of pyridine rings is 1. The molecule has 0 aliphatic rings. The molecule has 0 unspecified atom stereocenters. The second-order valence-corrected chi connectivity index (χ2v) is 5.13. The third kappa shape index (κ3) is 3.61. The third-order valence-electron chi connectivity index (χ3n) is 2.53. The Morgan fingerprint density at radius 3 is 2.85 bits per heavy atom. The molecule has 7 heteroatoms. The summed E-state index contributed by atoms with van der Waals surface area (Å²) in [5.41, 5.74) is 1.47. The largest absolute Gasteiger partial charge is 0.476 e. The van der Waals surface area contributed by atoms with Gasteiger partial charge in [-0.15, -0.1) is 11.3 Å². The van der Waals surface area contributed by atoms with Crippen LogP contribution >= 0.6 is 11.3 Å². The Kier molecular flexibility index (Phi) is 4.41. The number of aromatic carboxylic acids is 1. The van der Waals surface area contributed by atoms with Crippen molar-refractivity contribution in [2.24, 2.45) is 0 Å². The van der Waals surface area contributed by atoms with E-state index in [4.69, 9.17) is 5.11 Å². The molecule has 0 fully saturated rings. The van der Waals surface area contributed by atoms with Crippen LogP contribution in [0.15, 0.2) is 23.8 Å². The number of nitrogens with zero attached hydrogens (tertiary/aromatic N) is 2. The molecule has 0 aliphatic carbocycles. The SMILES string of the molecule is Cc1cncc(C(=O)NCCc2nc(C(=O)O)cs2)c1. The number of aromatic nitrogens is 2. The van der Waals surface area contributed by atoms with E-state index < -0.39 is 5.97 Å². The minimum atomic E-state index is -1.04. The second-order valence-electron chi connectivity index (χ2n) is 4.19. The van der Waals surface area contributed by atoms with Gasteiger partial charge in [0, 0.05) is 30.7 Å². The van der Waals surface area contributed by atoms with Crippen LogP contribution in [0.5, 0.6) is 0 Å². The lowest BCUT2D eigenvalue weighted by molar-refractivity contribution is 0.0690. The van der Waals surface area contributed by atoms with Crippen LogP contribution in [0.4, 0.5) is 0 Å². The topological polar surface area (TPSA) is 92.2 Å². The lowest BCUT2D eigenvalue weighted by Crippen LogP contribution is -2.25. The summed E-state index contributed by atoms with van der Waals surface area (Å²) in [5.74, 6) is -1.24. The van der Waals surface area contributed by atoms with Crippen molar-refractivity contribution in [1.82, 2.24) is 15.3 Å². The first-order chi connectivity index (χ1) is 9.56. The zero-order valence-corrected chi connectivity index (χ0v) is 11.6. The molecule has 2 rings (SSSR count). The molecular formula is C13H13N3O3S. The molecule has 2 aromatic rings. The summed E-state index contributed by atoms with van der Waals surface area (Å²) in [6.07, 6.45) is 3.69. The van der Waals surface area contributed by atoms with Gasteiger partial charge >= 0.3 is 5.97 Å². The highest BCUT2D eigenvalue weighted by atomic mass is 32.1. The highest BCUT2D eigenvalue weighted by molar-refractivity contribution is 7.09. The number of hydrogen-bond donors (Lipinski definition) is 2. The molecular weight excluding hydrogens is 278 g/mol. The number of hydrogen-bond acceptors (Lipinski definition) is 5. The first-order valence-corrected chi connectivity index (χ1v) is 6.82. The Bertz CT molecular complexity index is 639. The van der Waals surface area contributed by atoms with E-state index in [1.807, 2.05) is 6.92 Å². The summed E-state index contributed by atoms with van der Waals surface area (Å²) in [5, 5.41) is 13.7. The Labute approximate surface area is 119 Å². The van der Waals surface area contributed by atoms with Gasteiger partial charge in [0.2, 0.25) is 0 Å². The second kappa shape index (κ2) is 6.25. The number of carbonyl (C=O) groups is 2. The standard InChI is InChI=1S/C13H13N3O3S/c1-8-4-9(6-14-5-8)12(17)15-3-2-11-16-10(7-20-11)13(18)19/h4-7H,2-3H2,1H3,(H,15,17)(H,18,19). The van der Waals surface area contributed by atoms with Crippen molar-refractivity contribution >= 4 is 23.2 Å². The molecule has 0 radical (unpaired) electrons. The van der Waals surface area contributed by atoms with E-state index in [9.17, 15) is 9.59 Å². The van der Waals surface area contributed by atoms with Gasteiger partial charge in [-0.25, -0.2) is 9.78 Å². The van der Waals surface area contributed by atoms with Crippen LogP contribution in [0, 0.1) is 6.92 Å². The number of carbonyl (C=O) groups excluding carboxylic acids is 1. The molecule has 0 aliphatic heterocycles. The molecule has 0 saturated heterocycles. The summed E-state index contributed by atoms with van der Waals surface area (Å²) < 4.78 is 0. The summed E-state index contributed by atoms with van der Waals surface area (Å²) in [7, 11) is 0. The van der Waals surface area contributed by atoms with Crippen molar-refractivity contribution in [1.29, 1.82) is 0 Å².